The van der Waals surface area contributed by atoms with Crippen LogP contribution in [0.15, 0.2) is 6.20 Å². The fourth-order valence-electron chi connectivity index (χ4n) is 0.883. The van der Waals surface area contributed by atoms with Crippen molar-refractivity contribution in [2.45, 2.75) is 13.5 Å². The average Bonchev–Trinajstić information content (AvgIpc) is 2.47. The Kier molecular flexibility index (Phi) is 2.89. The monoisotopic (exact) mass is 182 g/mol. The lowest BCUT2D eigenvalue weighted by Gasteiger charge is -2.11. The molecular formula is C8H14N4O. The van der Waals surface area contributed by atoms with Gasteiger partial charge in [0.2, 0.25) is 0 Å². The van der Waals surface area contributed by atoms with Gasteiger partial charge in [-0.15, -0.1) is 0 Å². The van der Waals surface area contributed by atoms with E-state index in [1.807, 2.05) is 6.92 Å². The van der Waals surface area contributed by atoms with Gasteiger partial charge in [-0.1, -0.05) is 0 Å². The minimum Gasteiger partial charge on any atom is -0.334 e. The van der Waals surface area contributed by atoms with Gasteiger partial charge in [-0.05, 0) is 6.92 Å². The Morgan fingerprint density at radius 1 is 1.69 bits per heavy atom. The molecule has 0 aromatic carbocycles. The molecule has 1 aromatic heterocycles. The molecular weight excluding hydrogens is 168 g/mol. The van der Waals surface area contributed by atoms with Crippen LogP contribution < -0.4 is 5.32 Å². The number of rotatable bonds is 2. The first kappa shape index (κ1) is 9.57. The topological polar surface area (TPSA) is 61.0 Å². The van der Waals surface area contributed by atoms with Crippen molar-refractivity contribution in [3.05, 3.63) is 17.5 Å². The lowest BCUT2D eigenvalue weighted by atomic mass is 10.3. The van der Waals surface area contributed by atoms with Gasteiger partial charge < -0.3 is 10.2 Å². The highest BCUT2D eigenvalue weighted by Crippen LogP contribution is 2.01. The van der Waals surface area contributed by atoms with Gasteiger partial charge in [0.1, 0.15) is 0 Å². The molecule has 2 amide bonds. The van der Waals surface area contributed by atoms with Gasteiger partial charge in [0.25, 0.3) is 0 Å². The van der Waals surface area contributed by atoms with E-state index in [4.69, 9.17) is 0 Å². The van der Waals surface area contributed by atoms with Crippen molar-refractivity contribution in [3.8, 4) is 0 Å². The largest absolute Gasteiger partial charge is 0.334 e. The summed E-state index contributed by atoms with van der Waals surface area (Å²) in [7, 11) is 3.41. The standard InChI is InChI=1S/C8H14N4O/c1-6-7(5-10-11-6)4-9-8(13)12(2)3/h5H,4H2,1-3H3,(H,9,13)(H,10,11). The molecule has 0 saturated heterocycles. The average molecular weight is 182 g/mol. The highest BCUT2D eigenvalue weighted by Gasteiger charge is 2.04. The van der Waals surface area contributed by atoms with Gasteiger partial charge >= 0.3 is 6.03 Å². The molecule has 2 N–H and O–H groups in total. The molecule has 13 heavy (non-hydrogen) atoms. The van der Waals surface area contributed by atoms with Crippen LogP contribution in [-0.4, -0.2) is 35.2 Å². The fourth-order valence-corrected chi connectivity index (χ4v) is 0.883. The second-order valence-electron chi connectivity index (χ2n) is 3.07. The van der Waals surface area contributed by atoms with E-state index in [1.54, 1.807) is 20.3 Å². The minimum absolute atomic E-state index is 0.0967. The quantitative estimate of drug-likeness (QED) is 0.699. The summed E-state index contributed by atoms with van der Waals surface area (Å²) in [6.07, 6.45) is 1.71. The maximum Gasteiger partial charge on any atom is 0.317 e. The summed E-state index contributed by atoms with van der Waals surface area (Å²) in [5, 5.41) is 9.41. The van der Waals surface area contributed by atoms with E-state index in [2.05, 4.69) is 15.5 Å². The predicted octanol–water partition coefficient (Wildman–Crippen LogP) is 0.489. The van der Waals surface area contributed by atoms with Gasteiger partial charge in [0, 0.05) is 31.9 Å². The van der Waals surface area contributed by atoms with Gasteiger partial charge in [-0.2, -0.15) is 5.10 Å². The lowest BCUT2D eigenvalue weighted by molar-refractivity contribution is 0.217. The second-order valence-corrected chi connectivity index (χ2v) is 3.07. The van der Waals surface area contributed by atoms with Crippen molar-refractivity contribution in [2.75, 3.05) is 14.1 Å². The van der Waals surface area contributed by atoms with E-state index in [0.29, 0.717) is 6.54 Å². The Labute approximate surface area is 77.1 Å². The number of nitrogens with one attached hydrogen (secondary N) is 2. The Morgan fingerprint density at radius 3 is 2.85 bits per heavy atom. The van der Waals surface area contributed by atoms with Crippen LogP contribution in [0.3, 0.4) is 0 Å². The maximum absolute atomic E-state index is 11.1. The molecule has 0 radical (unpaired) electrons. The normalized spacial score (nSPS) is 9.77. The number of amides is 2. The molecule has 0 aliphatic carbocycles. The van der Waals surface area contributed by atoms with Crippen LogP contribution in [0.25, 0.3) is 0 Å². The van der Waals surface area contributed by atoms with Crippen LogP contribution in [0.1, 0.15) is 11.3 Å². The predicted molar refractivity (Wildman–Crippen MR) is 49.2 cm³/mol. The van der Waals surface area contributed by atoms with Crippen LogP contribution in [0, 0.1) is 6.92 Å². The Balaban J connectivity index is 2.44. The van der Waals surface area contributed by atoms with Crippen molar-refractivity contribution in [3.63, 3.8) is 0 Å². The van der Waals surface area contributed by atoms with Crippen molar-refractivity contribution in [1.29, 1.82) is 0 Å². The van der Waals surface area contributed by atoms with E-state index in [-0.39, 0.29) is 6.03 Å². The third kappa shape index (κ3) is 2.47. The molecule has 5 heteroatoms. The van der Waals surface area contributed by atoms with Gasteiger partial charge in [0.15, 0.2) is 0 Å². The molecule has 0 aliphatic rings. The second kappa shape index (κ2) is 3.93. The number of aryl methyl sites for hydroxylation is 1. The third-order valence-electron chi connectivity index (χ3n) is 1.77. The van der Waals surface area contributed by atoms with Crippen LogP contribution >= 0.6 is 0 Å². The van der Waals surface area contributed by atoms with E-state index in [0.717, 1.165) is 11.3 Å². The summed E-state index contributed by atoms with van der Waals surface area (Å²) in [5.74, 6) is 0. The number of hydrogen-bond donors (Lipinski definition) is 2. The van der Waals surface area contributed by atoms with Crippen molar-refractivity contribution >= 4 is 6.03 Å². The number of aromatic amines is 1. The molecule has 0 aliphatic heterocycles. The Morgan fingerprint density at radius 2 is 2.38 bits per heavy atom. The van der Waals surface area contributed by atoms with E-state index < -0.39 is 0 Å². The summed E-state index contributed by atoms with van der Waals surface area (Å²) in [4.78, 5) is 12.6. The zero-order valence-corrected chi connectivity index (χ0v) is 8.09. The Bertz CT molecular complexity index is 292. The number of aromatic nitrogens is 2. The molecule has 0 fully saturated rings. The van der Waals surface area contributed by atoms with E-state index >= 15 is 0 Å². The van der Waals surface area contributed by atoms with E-state index in [9.17, 15) is 4.79 Å². The van der Waals surface area contributed by atoms with E-state index in [1.165, 1.54) is 4.90 Å². The summed E-state index contributed by atoms with van der Waals surface area (Å²) < 4.78 is 0. The van der Waals surface area contributed by atoms with Crippen LogP contribution in [0.2, 0.25) is 0 Å². The number of H-pyrrole nitrogens is 1. The SMILES string of the molecule is Cc1[nH]ncc1CNC(=O)N(C)C. The number of nitrogens with zero attached hydrogens (tertiary/aromatic N) is 2. The van der Waals surface area contributed by atoms with Gasteiger partial charge in [0.05, 0.1) is 6.20 Å². The molecule has 5 nitrogen and oxygen atoms in total. The molecule has 0 spiro atoms. The first-order valence-corrected chi connectivity index (χ1v) is 4.05. The molecule has 1 rings (SSSR count). The molecule has 1 aromatic rings. The van der Waals surface area contributed by atoms with Crippen molar-refractivity contribution in [1.82, 2.24) is 20.4 Å². The van der Waals surface area contributed by atoms with Gasteiger partial charge in [-0.25, -0.2) is 4.79 Å². The zero-order chi connectivity index (χ0) is 9.84. The summed E-state index contributed by atoms with van der Waals surface area (Å²) >= 11 is 0. The molecule has 0 unspecified atom stereocenters. The Hall–Kier alpha value is -1.52. The summed E-state index contributed by atoms with van der Waals surface area (Å²) in [5.41, 5.74) is 1.99. The van der Waals surface area contributed by atoms with Crippen LogP contribution in [0.5, 0.6) is 0 Å². The van der Waals surface area contributed by atoms with Crippen molar-refractivity contribution < 1.29 is 4.79 Å². The summed E-state index contributed by atoms with van der Waals surface area (Å²) in [6.45, 7) is 2.43. The summed E-state index contributed by atoms with van der Waals surface area (Å²) in [6, 6.07) is -0.0967. The molecule has 72 valence electrons. The number of carbonyl (C=O) groups excluding carboxylic acids is 1. The number of hydrogen-bond acceptors (Lipinski definition) is 2. The molecule has 0 bridgehead atoms. The smallest absolute Gasteiger partial charge is 0.317 e. The minimum atomic E-state index is -0.0967. The van der Waals surface area contributed by atoms with Crippen LogP contribution in [-0.2, 0) is 6.54 Å². The lowest BCUT2D eigenvalue weighted by Crippen LogP contribution is -2.33. The first-order chi connectivity index (χ1) is 6.11. The highest BCUT2D eigenvalue weighted by molar-refractivity contribution is 5.73. The maximum atomic E-state index is 11.1. The van der Waals surface area contributed by atoms with Crippen LogP contribution in [0.4, 0.5) is 4.79 Å². The third-order valence-corrected chi connectivity index (χ3v) is 1.77. The van der Waals surface area contributed by atoms with Gasteiger partial charge in [-0.3, -0.25) is 5.10 Å². The number of urea groups is 1. The van der Waals surface area contributed by atoms with Crippen molar-refractivity contribution in [2.24, 2.45) is 0 Å². The highest BCUT2D eigenvalue weighted by atomic mass is 16.2. The number of carbonyl (C=O) groups is 1. The molecule has 0 atom stereocenters. The fraction of sp³-hybridized carbons (Fsp3) is 0.500. The molecule has 0 saturated carbocycles. The first-order valence-electron chi connectivity index (χ1n) is 4.05. The molecule has 1 heterocycles. The zero-order valence-electron chi connectivity index (χ0n) is 8.09.